The van der Waals surface area contributed by atoms with Crippen LogP contribution in [0.1, 0.15) is 32.6 Å². The van der Waals surface area contributed by atoms with Crippen molar-refractivity contribution in [1.82, 2.24) is 10.2 Å². The molecule has 3 aliphatic heterocycles. The third kappa shape index (κ3) is 4.02. The molecule has 2 saturated heterocycles. The van der Waals surface area contributed by atoms with Gasteiger partial charge in [0, 0.05) is 46.8 Å². The number of benzene rings is 2. The van der Waals surface area contributed by atoms with Gasteiger partial charge in [-0.2, -0.15) is 0 Å². The summed E-state index contributed by atoms with van der Waals surface area (Å²) in [6, 6.07) is 14.7. The Morgan fingerprint density at radius 3 is 2.85 bits per heavy atom. The average Bonchev–Trinajstić information content (AvgIpc) is 3.05. The Labute approximate surface area is 205 Å². The van der Waals surface area contributed by atoms with Crippen LogP contribution in [0, 0.1) is 5.92 Å². The summed E-state index contributed by atoms with van der Waals surface area (Å²) in [5.41, 5.74) is 2.65. The molecule has 33 heavy (non-hydrogen) atoms. The van der Waals surface area contributed by atoms with E-state index in [2.05, 4.69) is 60.1 Å². The van der Waals surface area contributed by atoms with E-state index in [0.717, 1.165) is 61.7 Å². The van der Waals surface area contributed by atoms with E-state index in [9.17, 15) is 4.79 Å². The lowest BCUT2D eigenvalue weighted by atomic mass is 9.77. The van der Waals surface area contributed by atoms with Crippen molar-refractivity contribution < 1.29 is 9.53 Å². The van der Waals surface area contributed by atoms with Gasteiger partial charge < -0.3 is 15.0 Å². The minimum Gasteiger partial charge on any atom is -0.436 e. The first kappa shape index (κ1) is 22.6. The maximum Gasteiger partial charge on any atom is 0.415 e. The van der Waals surface area contributed by atoms with Gasteiger partial charge in [0.05, 0.1) is 17.1 Å². The maximum atomic E-state index is 12.6. The molecule has 3 aliphatic rings. The lowest BCUT2D eigenvalue weighted by Gasteiger charge is -2.41. The number of halogens is 1. The smallest absolute Gasteiger partial charge is 0.415 e. The number of carbonyl (C=O) groups excluding carboxylic acids is 1. The molecule has 0 aromatic heterocycles. The normalized spacial score (nSPS) is 24.1. The third-order valence-corrected chi connectivity index (χ3v) is 8.36. The lowest BCUT2D eigenvalue weighted by Crippen LogP contribution is -2.51. The van der Waals surface area contributed by atoms with E-state index in [4.69, 9.17) is 16.3 Å². The van der Waals surface area contributed by atoms with E-state index in [1.54, 1.807) is 16.7 Å². The first-order chi connectivity index (χ1) is 16.0. The Balaban J connectivity index is 1.35. The summed E-state index contributed by atoms with van der Waals surface area (Å²) >= 11 is 8.16. The van der Waals surface area contributed by atoms with Crippen LogP contribution in [-0.4, -0.2) is 42.8 Å². The number of fused-ring (bicyclic) bond motifs is 2. The standard InChI is InChI=1S/C26H30ClN3O2S/c1-3-14-29-18(2)26(32-25(29)31)12-13-28-17-19(26)7-6-15-30-21-8-4-5-9-23(21)33-24-11-10-20(27)16-22(24)30/h4-5,8-11,16,19,28H,2-3,6-7,12-15,17H2,1H3. The van der Waals surface area contributed by atoms with Gasteiger partial charge in [-0.1, -0.05) is 49.0 Å². The average molecular weight is 484 g/mol. The van der Waals surface area contributed by atoms with Gasteiger partial charge in [0.15, 0.2) is 5.60 Å². The van der Waals surface area contributed by atoms with Crippen molar-refractivity contribution in [3.05, 3.63) is 59.8 Å². The molecule has 2 fully saturated rings. The summed E-state index contributed by atoms with van der Waals surface area (Å²) in [6.07, 6.45) is 3.35. The van der Waals surface area contributed by atoms with E-state index in [1.807, 2.05) is 6.07 Å². The van der Waals surface area contributed by atoms with E-state index in [1.165, 1.54) is 15.5 Å². The number of amides is 1. The van der Waals surface area contributed by atoms with Crippen molar-refractivity contribution in [2.75, 3.05) is 31.1 Å². The molecule has 174 valence electrons. The summed E-state index contributed by atoms with van der Waals surface area (Å²) in [6.45, 7) is 9.61. The Morgan fingerprint density at radius 1 is 1.18 bits per heavy atom. The number of nitrogens with one attached hydrogen (secondary N) is 1. The highest BCUT2D eigenvalue weighted by Gasteiger charge is 2.54. The van der Waals surface area contributed by atoms with Crippen molar-refractivity contribution in [3.63, 3.8) is 0 Å². The van der Waals surface area contributed by atoms with Crippen molar-refractivity contribution >= 4 is 40.8 Å². The number of hydrogen-bond acceptors (Lipinski definition) is 5. The summed E-state index contributed by atoms with van der Waals surface area (Å²) in [5.74, 6) is 0.206. The number of nitrogens with zero attached hydrogens (tertiary/aromatic N) is 2. The number of carbonyl (C=O) groups is 1. The largest absolute Gasteiger partial charge is 0.436 e. The van der Waals surface area contributed by atoms with Crippen LogP contribution in [0.3, 0.4) is 0 Å². The molecule has 0 aliphatic carbocycles. The highest BCUT2D eigenvalue weighted by Crippen LogP contribution is 2.49. The number of ether oxygens (including phenoxy) is 1. The topological polar surface area (TPSA) is 44.8 Å². The van der Waals surface area contributed by atoms with Gasteiger partial charge in [-0.15, -0.1) is 0 Å². The SMILES string of the molecule is C=C1N(CCC)C(=O)OC12CCNCC2CCCN1c2ccccc2Sc2ccc(Cl)cc21. The van der Waals surface area contributed by atoms with Crippen molar-refractivity contribution in [2.24, 2.45) is 5.92 Å². The van der Waals surface area contributed by atoms with E-state index < -0.39 is 5.60 Å². The molecular weight excluding hydrogens is 454 g/mol. The Bertz CT molecular complexity index is 1080. The third-order valence-electron chi connectivity index (χ3n) is 7.00. The van der Waals surface area contributed by atoms with Crippen LogP contribution in [0.2, 0.25) is 5.02 Å². The summed E-state index contributed by atoms with van der Waals surface area (Å²) < 4.78 is 6.06. The molecule has 0 saturated carbocycles. The summed E-state index contributed by atoms with van der Waals surface area (Å²) in [4.78, 5) is 19.2. The van der Waals surface area contributed by atoms with Crippen LogP contribution in [0.4, 0.5) is 16.2 Å². The number of rotatable bonds is 6. The monoisotopic (exact) mass is 483 g/mol. The Morgan fingerprint density at radius 2 is 2.00 bits per heavy atom. The zero-order valence-corrected chi connectivity index (χ0v) is 20.6. The predicted octanol–water partition coefficient (Wildman–Crippen LogP) is 6.45. The minimum absolute atomic E-state index is 0.206. The van der Waals surface area contributed by atoms with Crippen molar-refractivity contribution in [1.29, 1.82) is 0 Å². The molecule has 3 heterocycles. The fourth-order valence-corrected chi connectivity index (χ4v) is 6.61. The summed E-state index contributed by atoms with van der Waals surface area (Å²) in [5, 5.41) is 4.26. The molecule has 7 heteroatoms. The molecule has 1 spiro atoms. The van der Waals surface area contributed by atoms with Crippen LogP contribution >= 0.6 is 23.4 Å². The quantitative estimate of drug-likeness (QED) is 0.511. The minimum atomic E-state index is -0.575. The van der Waals surface area contributed by atoms with Crippen molar-refractivity contribution in [2.45, 2.75) is 48.0 Å². The molecule has 1 N–H and O–H groups in total. The zero-order valence-electron chi connectivity index (χ0n) is 19.0. The second-order valence-electron chi connectivity index (χ2n) is 8.98. The van der Waals surface area contributed by atoms with Crippen LogP contribution in [0.5, 0.6) is 0 Å². The van der Waals surface area contributed by atoms with Crippen LogP contribution in [0.25, 0.3) is 0 Å². The fraction of sp³-hybridized carbons (Fsp3) is 0.423. The van der Waals surface area contributed by atoms with Gasteiger partial charge in [0.2, 0.25) is 0 Å². The van der Waals surface area contributed by atoms with Crippen molar-refractivity contribution in [3.8, 4) is 0 Å². The molecule has 2 aromatic carbocycles. The highest BCUT2D eigenvalue weighted by atomic mass is 35.5. The van der Waals surface area contributed by atoms with E-state index in [-0.39, 0.29) is 12.0 Å². The number of anilines is 2. The number of hydrogen-bond donors (Lipinski definition) is 1. The molecule has 5 nitrogen and oxygen atoms in total. The lowest BCUT2D eigenvalue weighted by molar-refractivity contribution is -0.00264. The van der Waals surface area contributed by atoms with Gasteiger partial charge in [-0.05, 0) is 56.1 Å². The van der Waals surface area contributed by atoms with Gasteiger partial charge in [0.1, 0.15) is 0 Å². The molecule has 2 unspecified atom stereocenters. The zero-order chi connectivity index (χ0) is 23.0. The molecule has 0 bridgehead atoms. The molecular formula is C26H30ClN3O2S. The highest BCUT2D eigenvalue weighted by molar-refractivity contribution is 7.99. The van der Waals surface area contributed by atoms with E-state index in [0.29, 0.717) is 6.54 Å². The van der Waals surface area contributed by atoms with Gasteiger partial charge in [0.25, 0.3) is 0 Å². The van der Waals surface area contributed by atoms with Crippen LogP contribution in [0.15, 0.2) is 64.5 Å². The van der Waals surface area contributed by atoms with Crippen LogP contribution in [-0.2, 0) is 4.74 Å². The first-order valence-electron chi connectivity index (χ1n) is 11.8. The molecule has 1 amide bonds. The van der Waals surface area contributed by atoms with Gasteiger partial charge >= 0.3 is 6.09 Å². The van der Waals surface area contributed by atoms with Gasteiger partial charge in [-0.3, -0.25) is 4.90 Å². The number of para-hydroxylation sites is 1. The second kappa shape index (κ2) is 9.24. The predicted molar refractivity (Wildman–Crippen MR) is 135 cm³/mol. The summed E-state index contributed by atoms with van der Waals surface area (Å²) in [7, 11) is 0. The molecule has 5 rings (SSSR count). The Hall–Kier alpha value is -2.15. The van der Waals surface area contributed by atoms with E-state index >= 15 is 0 Å². The van der Waals surface area contributed by atoms with Crippen LogP contribution < -0.4 is 10.2 Å². The molecule has 2 aromatic rings. The second-order valence-corrected chi connectivity index (χ2v) is 10.5. The first-order valence-corrected chi connectivity index (χ1v) is 13.0. The number of piperidine rings is 1. The molecule has 0 radical (unpaired) electrons. The maximum absolute atomic E-state index is 12.6. The fourth-order valence-electron chi connectivity index (χ4n) is 5.37. The Kier molecular flexibility index (Phi) is 6.34. The molecule has 2 atom stereocenters. The van der Waals surface area contributed by atoms with Gasteiger partial charge in [-0.25, -0.2) is 4.79 Å².